The molecule has 5 heteroatoms. The zero-order chi connectivity index (χ0) is 15.0. The van der Waals surface area contributed by atoms with E-state index in [1.165, 1.54) is 11.3 Å². The van der Waals surface area contributed by atoms with Crippen molar-refractivity contribution in [1.29, 1.82) is 0 Å². The van der Waals surface area contributed by atoms with Crippen LogP contribution < -0.4 is 4.90 Å². The summed E-state index contributed by atoms with van der Waals surface area (Å²) < 4.78 is 0. The Bertz CT molecular complexity index is 557. The Hall–Kier alpha value is -1.55. The van der Waals surface area contributed by atoms with Crippen LogP contribution in [0.15, 0.2) is 24.3 Å². The fourth-order valence-electron chi connectivity index (χ4n) is 3.80. The number of benzene rings is 1. The van der Waals surface area contributed by atoms with E-state index >= 15 is 0 Å². The maximum Gasteiger partial charge on any atom is 0.323 e. The molecule has 1 aromatic rings. The molecule has 3 atom stereocenters. The maximum absolute atomic E-state index is 12.8. The Morgan fingerprint density at radius 3 is 2.43 bits per heavy atom. The van der Waals surface area contributed by atoms with Gasteiger partial charge in [-0.3, -0.25) is 9.59 Å². The Labute approximate surface area is 128 Å². The van der Waals surface area contributed by atoms with Gasteiger partial charge in [0.2, 0.25) is 5.91 Å². The molecule has 2 aliphatic rings. The Balaban J connectivity index is 1.83. The van der Waals surface area contributed by atoms with Crippen LogP contribution in [-0.2, 0) is 9.59 Å². The molecule has 0 aromatic heterocycles. The lowest BCUT2D eigenvalue weighted by Gasteiger charge is -2.28. The number of carbonyl (C=O) groups is 2. The van der Waals surface area contributed by atoms with Gasteiger partial charge < -0.3 is 10.0 Å². The lowest BCUT2D eigenvalue weighted by atomic mass is 9.87. The first-order chi connectivity index (χ1) is 10.0. The summed E-state index contributed by atoms with van der Waals surface area (Å²) in [6.07, 6.45) is 4.35. The lowest BCUT2D eigenvalue weighted by molar-refractivity contribution is -0.137. The molecular formula is C16H18ClNO3. The molecule has 0 saturated heterocycles. The number of hydrogen-bond donors (Lipinski definition) is 1. The molecule has 2 fully saturated rings. The van der Waals surface area contributed by atoms with E-state index < -0.39 is 5.97 Å². The molecule has 1 amide bonds. The van der Waals surface area contributed by atoms with Crippen molar-refractivity contribution in [2.75, 3.05) is 11.4 Å². The molecule has 0 radical (unpaired) electrons. The monoisotopic (exact) mass is 307 g/mol. The molecular weight excluding hydrogens is 290 g/mol. The number of carboxylic acids is 1. The minimum atomic E-state index is -0.999. The first kappa shape index (κ1) is 14.4. The number of amides is 1. The highest BCUT2D eigenvalue weighted by atomic mass is 35.5. The second-order valence-electron chi connectivity index (χ2n) is 6.08. The van der Waals surface area contributed by atoms with Gasteiger partial charge in [-0.1, -0.05) is 18.0 Å². The van der Waals surface area contributed by atoms with Crippen molar-refractivity contribution in [1.82, 2.24) is 0 Å². The number of halogens is 1. The summed E-state index contributed by atoms with van der Waals surface area (Å²) in [6.45, 7) is -0.297. The van der Waals surface area contributed by atoms with Gasteiger partial charge in [-0.15, -0.1) is 0 Å². The summed E-state index contributed by atoms with van der Waals surface area (Å²) in [6, 6.07) is 6.77. The molecule has 3 rings (SSSR count). The number of nitrogens with zero attached hydrogens (tertiary/aromatic N) is 1. The number of hydrogen-bond acceptors (Lipinski definition) is 2. The van der Waals surface area contributed by atoms with Crippen LogP contribution in [0.5, 0.6) is 0 Å². The van der Waals surface area contributed by atoms with E-state index in [0.29, 0.717) is 22.5 Å². The van der Waals surface area contributed by atoms with Crippen LogP contribution in [-0.4, -0.2) is 23.5 Å². The van der Waals surface area contributed by atoms with E-state index in [-0.39, 0.29) is 18.4 Å². The van der Waals surface area contributed by atoms with Crippen LogP contribution in [0, 0.1) is 17.8 Å². The molecule has 0 aliphatic heterocycles. The van der Waals surface area contributed by atoms with E-state index in [1.54, 1.807) is 24.3 Å². The predicted octanol–water partition coefficient (Wildman–Crippen LogP) is 3.19. The van der Waals surface area contributed by atoms with Gasteiger partial charge in [0.15, 0.2) is 0 Å². The molecule has 4 nitrogen and oxygen atoms in total. The van der Waals surface area contributed by atoms with Crippen LogP contribution in [0.25, 0.3) is 0 Å². The summed E-state index contributed by atoms with van der Waals surface area (Å²) in [5, 5.41) is 9.67. The van der Waals surface area contributed by atoms with Gasteiger partial charge in [-0.2, -0.15) is 0 Å². The Kier molecular flexibility index (Phi) is 3.89. The summed E-state index contributed by atoms with van der Waals surface area (Å²) in [5.41, 5.74) is 0.606. The highest BCUT2D eigenvalue weighted by molar-refractivity contribution is 6.30. The SMILES string of the molecule is O=C(O)CN(C(=O)C1CC2CCC1C2)c1ccc(Cl)cc1. The highest BCUT2D eigenvalue weighted by Gasteiger charge is 2.44. The first-order valence-corrected chi connectivity index (χ1v) is 7.71. The zero-order valence-electron chi connectivity index (χ0n) is 11.7. The van der Waals surface area contributed by atoms with Gasteiger partial charge in [-0.05, 0) is 55.4 Å². The van der Waals surface area contributed by atoms with Crippen molar-refractivity contribution in [2.45, 2.75) is 25.7 Å². The number of aliphatic carboxylic acids is 1. The van der Waals surface area contributed by atoms with Crippen LogP contribution in [0.3, 0.4) is 0 Å². The van der Waals surface area contributed by atoms with Crippen molar-refractivity contribution in [3.63, 3.8) is 0 Å². The number of rotatable bonds is 4. The third-order valence-electron chi connectivity index (χ3n) is 4.75. The smallest absolute Gasteiger partial charge is 0.323 e. The minimum Gasteiger partial charge on any atom is -0.480 e. The van der Waals surface area contributed by atoms with E-state index in [0.717, 1.165) is 19.3 Å². The number of carbonyl (C=O) groups excluding carboxylic acids is 1. The Morgan fingerprint density at radius 1 is 1.19 bits per heavy atom. The van der Waals surface area contributed by atoms with Crippen molar-refractivity contribution in [2.24, 2.45) is 17.8 Å². The molecule has 2 aliphatic carbocycles. The summed E-state index contributed by atoms with van der Waals surface area (Å²) in [5.74, 6) is 0.0269. The average molecular weight is 308 g/mol. The second-order valence-corrected chi connectivity index (χ2v) is 6.51. The Morgan fingerprint density at radius 2 is 1.90 bits per heavy atom. The summed E-state index contributed by atoms with van der Waals surface area (Å²) in [7, 11) is 0. The van der Waals surface area contributed by atoms with E-state index in [9.17, 15) is 9.59 Å². The summed E-state index contributed by atoms with van der Waals surface area (Å²) in [4.78, 5) is 25.3. The van der Waals surface area contributed by atoms with Gasteiger partial charge in [0.1, 0.15) is 6.54 Å². The van der Waals surface area contributed by atoms with E-state index in [1.807, 2.05) is 0 Å². The van der Waals surface area contributed by atoms with Gasteiger partial charge in [0.05, 0.1) is 0 Å². The van der Waals surface area contributed by atoms with Gasteiger partial charge in [0, 0.05) is 16.6 Å². The van der Waals surface area contributed by atoms with Gasteiger partial charge in [0.25, 0.3) is 0 Å². The molecule has 0 heterocycles. The number of fused-ring (bicyclic) bond motifs is 2. The molecule has 112 valence electrons. The molecule has 3 unspecified atom stereocenters. The van der Waals surface area contributed by atoms with Crippen molar-refractivity contribution in [3.05, 3.63) is 29.3 Å². The van der Waals surface area contributed by atoms with Crippen molar-refractivity contribution < 1.29 is 14.7 Å². The normalized spacial score (nSPS) is 26.8. The third-order valence-corrected chi connectivity index (χ3v) is 5.00. The lowest BCUT2D eigenvalue weighted by Crippen LogP contribution is -2.41. The van der Waals surface area contributed by atoms with Gasteiger partial charge in [-0.25, -0.2) is 0 Å². The van der Waals surface area contributed by atoms with Gasteiger partial charge >= 0.3 is 5.97 Å². The van der Waals surface area contributed by atoms with Crippen LogP contribution in [0.1, 0.15) is 25.7 Å². The van der Waals surface area contributed by atoms with Crippen LogP contribution >= 0.6 is 11.6 Å². The molecule has 1 N–H and O–H groups in total. The van der Waals surface area contributed by atoms with Crippen LogP contribution in [0.4, 0.5) is 5.69 Å². The molecule has 0 spiro atoms. The fraction of sp³-hybridized carbons (Fsp3) is 0.500. The standard InChI is InChI=1S/C16H18ClNO3/c17-12-3-5-13(6-4-12)18(9-15(19)20)16(21)14-8-10-1-2-11(14)7-10/h3-6,10-11,14H,1-2,7-9H2,(H,19,20). The van der Waals surface area contributed by atoms with Crippen LogP contribution in [0.2, 0.25) is 5.02 Å². The molecule has 2 saturated carbocycles. The number of anilines is 1. The predicted molar refractivity (Wildman–Crippen MR) is 80.4 cm³/mol. The summed E-state index contributed by atoms with van der Waals surface area (Å²) >= 11 is 5.86. The average Bonchev–Trinajstić information content (AvgIpc) is 3.07. The van der Waals surface area contributed by atoms with E-state index in [4.69, 9.17) is 16.7 Å². The topological polar surface area (TPSA) is 57.6 Å². The quantitative estimate of drug-likeness (QED) is 0.929. The van der Waals surface area contributed by atoms with Crippen molar-refractivity contribution >= 4 is 29.2 Å². The fourth-order valence-corrected chi connectivity index (χ4v) is 3.93. The largest absolute Gasteiger partial charge is 0.480 e. The van der Waals surface area contributed by atoms with Crippen molar-refractivity contribution in [3.8, 4) is 0 Å². The highest BCUT2D eigenvalue weighted by Crippen LogP contribution is 2.49. The zero-order valence-corrected chi connectivity index (χ0v) is 12.4. The molecule has 1 aromatic carbocycles. The molecule has 2 bridgehead atoms. The first-order valence-electron chi connectivity index (χ1n) is 7.33. The second kappa shape index (κ2) is 5.68. The molecule has 21 heavy (non-hydrogen) atoms. The maximum atomic E-state index is 12.8. The minimum absolute atomic E-state index is 0.0150. The van der Waals surface area contributed by atoms with E-state index in [2.05, 4.69) is 0 Å². The third kappa shape index (κ3) is 2.91. The number of carboxylic acid groups (broad SMARTS) is 1.